The lowest BCUT2D eigenvalue weighted by Gasteiger charge is -2.16. The molecule has 1 saturated heterocycles. The van der Waals surface area contributed by atoms with Gasteiger partial charge in [0.25, 0.3) is 5.91 Å². The third kappa shape index (κ3) is 3.83. The van der Waals surface area contributed by atoms with Gasteiger partial charge in [0.15, 0.2) is 0 Å². The molecule has 126 valence electrons. The number of ether oxygens (including phenoxy) is 1. The van der Waals surface area contributed by atoms with Crippen LogP contribution in [-0.4, -0.2) is 43.7 Å². The molecule has 4 heteroatoms. The van der Waals surface area contributed by atoms with E-state index >= 15 is 0 Å². The average Bonchev–Trinajstić information content (AvgIpc) is 3.06. The van der Waals surface area contributed by atoms with Crippen molar-refractivity contribution in [2.24, 2.45) is 5.73 Å². The van der Waals surface area contributed by atoms with E-state index in [1.165, 1.54) is 5.56 Å². The number of carbonyl (C=O) groups is 1. The number of amides is 1. The topological polar surface area (TPSA) is 55.6 Å². The number of likely N-dealkylation sites (tertiary alicyclic amines) is 1. The van der Waals surface area contributed by atoms with Gasteiger partial charge in [-0.2, -0.15) is 0 Å². The molecule has 0 aromatic heterocycles. The third-order valence-electron chi connectivity index (χ3n) is 4.53. The lowest BCUT2D eigenvalue weighted by Crippen LogP contribution is -2.31. The van der Waals surface area contributed by atoms with Gasteiger partial charge >= 0.3 is 0 Å². The van der Waals surface area contributed by atoms with Crippen LogP contribution in [0.4, 0.5) is 0 Å². The summed E-state index contributed by atoms with van der Waals surface area (Å²) < 4.78 is 5.10. The predicted octanol–water partition coefficient (Wildman–Crippen LogP) is 2.72. The van der Waals surface area contributed by atoms with Crippen molar-refractivity contribution in [3.8, 4) is 11.1 Å². The van der Waals surface area contributed by atoms with E-state index in [0.29, 0.717) is 6.54 Å². The molecule has 1 aliphatic rings. The minimum Gasteiger partial charge on any atom is -0.384 e. The third-order valence-corrected chi connectivity index (χ3v) is 4.53. The fourth-order valence-corrected chi connectivity index (χ4v) is 3.04. The largest absolute Gasteiger partial charge is 0.384 e. The zero-order valence-electron chi connectivity index (χ0n) is 14.1. The van der Waals surface area contributed by atoms with E-state index in [-0.39, 0.29) is 11.9 Å². The van der Waals surface area contributed by atoms with Crippen LogP contribution in [0.3, 0.4) is 0 Å². The van der Waals surface area contributed by atoms with Crippen LogP contribution in [0.1, 0.15) is 22.3 Å². The molecular weight excluding hydrogens is 300 g/mol. The first-order valence-electron chi connectivity index (χ1n) is 8.40. The highest BCUT2D eigenvalue weighted by Gasteiger charge is 2.24. The van der Waals surface area contributed by atoms with Gasteiger partial charge in [0.2, 0.25) is 0 Å². The SMILES string of the molecule is COCCc1ccc(-c2ccc(C(=O)N3CC[C@H](N)C3)cc2)cc1. The van der Waals surface area contributed by atoms with Crippen molar-refractivity contribution in [1.29, 1.82) is 0 Å². The molecule has 0 radical (unpaired) electrons. The number of hydrogen-bond acceptors (Lipinski definition) is 3. The van der Waals surface area contributed by atoms with Crippen molar-refractivity contribution in [1.82, 2.24) is 4.90 Å². The second-order valence-corrected chi connectivity index (χ2v) is 6.32. The molecule has 0 unspecified atom stereocenters. The maximum atomic E-state index is 12.4. The van der Waals surface area contributed by atoms with E-state index < -0.39 is 0 Å². The van der Waals surface area contributed by atoms with Crippen LogP contribution in [0, 0.1) is 0 Å². The molecule has 2 N–H and O–H groups in total. The molecule has 1 heterocycles. The molecule has 0 spiro atoms. The molecule has 24 heavy (non-hydrogen) atoms. The number of rotatable bonds is 5. The van der Waals surface area contributed by atoms with Crippen LogP contribution >= 0.6 is 0 Å². The van der Waals surface area contributed by atoms with Gasteiger partial charge in [-0.3, -0.25) is 4.79 Å². The van der Waals surface area contributed by atoms with Crippen molar-refractivity contribution in [2.75, 3.05) is 26.8 Å². The first-order chi connectivity index (χ1) is 11.7. The Kier molecular flexibility index (Phi) is 5.28. The lowest BCUT2D eigenvalue weighted by atomic mass is 10.0. The normalized spacial score (nSPS) is 17.2. The Morgan fingerprint density at radius 2 is 1.75 bits per heavy atom. The van der Waals surface area contributed by atoms with E-state index in [4.69, 9.17) is 10.5 Å². The quantitative estimate of drug-likeness (QED) is 0.920. The average molecular weight is 324 g/mol. The van der Waals surface area contributed by atoms with Gasteiger partial charge in [-0.1, -0.05) is 36.4 Å². The van der Waals surface area contributed by atoms with Crippen molar-refractivity contribution in [3.63, 3.8) is 0 Å². The van der Waals surface area contributed by atoms with E-state index in [1.54, 1.807) is 7.11 Å². The standard InChI is InChI=1S/C20H24N2O2/c1-24-13-11-15-2-4-16(5-3-15)17-6-8-18(9-7-17)20(23)22-12-10-19(21)14-22/h2-9,19H,10-14,21H2,1H3/t19-/m0/s1. The molecule has 0 bridgehead atoms. The molecule has 1 aliphatic heterocycles. The van der Waals surface area contributed by atoms with Gasteiger partial charge in [-0.15, -0.1) is 0 Å². The van der Waals surface area contributed by atoms with Gasteiger partial charge < -0.3 is 15.4 Å². The first-order valence-corrected chi connectivity index (χ1v) is 8.40. The molecule has 1 fully saturated rings. The van der Waals surface area contributed by atoms with Crippen LogP contribution in [-0.2, 0) is 11.2 Å². The number of nitrogens with zero attached hydrogens (tertiary/aromatic N) is 1. The summed E-state index contributed by atoms with van der Waals surface area (Å²) in [5.41, 5.74) is 10.1. The Labute approximate surface area is 143 Å². The summed E-state index contributed by atoms with van der Waals surface area (Å²) >= 11 is 0. The Balaban J connectivity index is 1.69. The predicted molar refractivity (Wildman–Crippen MR) is 96.0 cm³/mol. The maximum Gasteiger partial charge on any atom is 0.253 e. The number of nitrogens with two attached hydrogens (primary N) is 1. The van der Waals surface area contributed by atoms with Crippen LogP contribution < -0.4 is 5.73 Å². The summed E-state index contributed by atoms with van der Waals surface area (Å²) in [7, 11) is 1.72. The van der Waals surface area contributed by atoms with Crippen LogP contribution in [0.2, 0.25) is 0 Å². The lowest BCUT2D eigenvalue weighted by molar-refractivity contribution is 0.0791. The zero-order valence-corrected chi connectivity index (χ0v) is 14.1. The van der Waals surface area contributed by atoms with Crippen LogP contribution in [0.15, 0.2) is 48.5 Å². The smallest absolute Gasteiger partial charge is 0.253 e. The van der Waals surface area contributed by atoms with Gasteiger partial charge in [0.05, 0.1) is 6.61 Å². The monoisotopic (exact) mass is 324 g/mol. The minimum atomic E-state index is 0.0735. The fourth-order valence-electron chi connectivity index (χ4n) is 3.04. The summed E-state index contributed by atoms with van der Waals surface area (Å²) in [6, 6.07) is 16.4. The molecule has 0 saturated carbocycles. The number of carbonyl (C=O) groups excluding carboxylic acids is 1. The first kappa shape index (κ1) is 16.7. The summed E-state index contributed by atoms with van der Waals surface area (Å²) in [6.45, 7) is 2.14. The van der Waals surface area contributed by atoms with Crippen molar-refractivity contribution < 1.29 is 9.53 Å². The van der Waals surface area contributed by atoms with Crippen LogP contribution in [0.5, 0.6) is 0 Å². The van der Waals surface area contributed by atoms with Crippen molar-refractivity contribution in [2.45, 2.75) is 18.9 Å². The van der Waals surface area contributed by atoms with E-state index in [9.17, 15) is 4.79 Å². The molecule has 0 aliphatic carbocycles. The maximum absolute atomic E-state index is 12.4. The second kappa shape index (κ2) is 7.60. The van der Waals surface area contributed by atoms with E-state index in [1.807, 2.05) is 29.2 Å². The summed E-state index contributed by atoms with van der Waals surface area (Å²) in [5.74, 6) is 0.0735. The minimum absolute atomic E-state index is 0.0735. The molecule has 2 aromatic rings. The number of methoxy groups -OCH3 is 1. The summed E-state index contributed by atoms with van der Waals surface area (Å²) in [6.07, 6.45) is 1.81. The number of hydrogen-bond donors (Lipinski definition) is 1. The molecular formula is C20H24N2O2. The van der Waals surface area contributed by atoms with Gasteiger partial charge in [-0.05, 0) is 41.7 Å². The highest BCUT2D eigenvalue weighted by Crippen LogP contribution is 2.22. The molecule has 2 aromatic carbocycles. The molecule has 3 rings (SSSR count). The van der Waals surface area contributed by atoms with E-state index in [0.717, 1.165) is 42.7 Å². The Morgan fingerprint density at radius 1 is 1.12 bits per heavy atom. The summed E-state index contributed by atoms with van der Waals surface area (Å²) in [5, 5.41) is 0. The zero-order chi connectivity index (χ0) is 16.9. The molecule has 1 amide bonds. The second-order valence-electron chi connectivity index (χ2n) is 6.32. The van der Waals surface area contributed by atoms with Crippen molar-refractivity contribution in [3.05, 3.63) is 59.7 Å². The van der Waals surface area contributed by atoms with Gasteiger partial charge in [-0.25, -0.2) is 0 Å². The number of benzene rings is 2. The van der Waals surface area contributed by atoms with E-state index in [2.05, 4.69) is 24.3 Å². The Hall–Kier alpha value is -2.17. The Bertz CT molecular complexity index is 680. The fraction of sp³-hybridized carbons (Fsp3) is 0.350. The van der Waals surface area contributed by atoms with Crippen LogP contribution in [0.25, 0.3) is 11.1 Å². The molecule has 1 atom stereocenters. The van der Waals surface area contributed by atoms with Crippen molar-refractivity contribution >= 4 is 5.91 Å². The van der Waals surface area contributed by atoms with Gasteiger partial charge in [0, 0.05) is 31.8 Å². The highest BCUT2D eigenvalue weighted by atomic mass is 16.5. The van der Waals surface area contributed by atoms with Gasteiger partial charge in [0.1, 0.15) is 0 Å². The Morgan fingerprint density at radius 3 is 2.29 bits per heavy atom. The highest BCUT2D eigenvalue weighted by molar-refractivity contribution is 5.95. The molecule has 4 nitrogen and oxygen atoms in total. The summed E-state index contributed by atoms with van der Waals surface area (Å²) in [4.78, 5) is 14.3.